The molecule has 2 aromatic rings. The lowest BCUT2D eigenvalue weighted by Gasteiger charge is -2.15. The van der Waals surface area contributed by atoms with Crippen LogP contribution in [0.1, 0.15) is 11.1 Å². The number of amides is 1. The Morgan fingerprint density at radius 1 is 1.19 bits per heavy atom. The number of hydrogen-bond acceptors (Lipinski definition) is 6. The maximum absolute atomic E-state index is 12.6. The Hall–Kier alpha value is -2.94. The normalized spacial score (nSPS) is 11.0. The van der Waals surface area contributed by atoms with Gasteiger partial charge in [-0.2, -0.15) is 0 Å². The Morgan fingerprint density at radius 2 is 1.85 bits per heavy atom. The highest BCUT2D eigenvalue weighted by Gasteiger charge is 2.22. The Labute approximate surface area is 157 Å². The van der Waals surface area contributed by atoms with Gasteiger partial charge < -0.3 is 9.64 Å². The van der Waals surface area contributed by atoms with Gasteiger partial charge in [0.05, 0.1) is 22.7 Å². The third-order valence-corrected chi connectivity index (χ3v) is 5.69. The molecule has 0 spiro atoms. The van der Waals surface area contributed by atoms with Crippen molar-refractivity contribution in [3.63, 3.8) is 0 Å². The molecule has 9 heteroatoms. The summed E-state index contributed by atoms with van der Waals surface area (Å²) in [5.41, 5.74) is 0.552. The zero-order valence-corrected chi connectivity index (χ0v) is 15.8. The molecule has 0 unspecified atom stereocenters. The van der Waals surface area contributed by atoms with Gasteiger partial charge in [-0.1, -0.05) is 24.3 Å². The molecule has 0 saturated carbocycles. The van der Waals surface area contributed by atoms with Crippen molar-refractivity contribution < 1.29 is 22.9 Å². The van der Waals surface area contributed by atoms with Gasteiger partial charge in [-0.15, -0.1) is 0 Å². The highest BCUT2D eigenvalue weighted by atomic mass is 32.2. The molecular weight excluding hydrogens is 372 g/mol. The summed E-state index contributed by atoms with van der Waals surface area (Å²) < 4.78 is 29.8. The lowest BCUT2D eigenvalue weighted by atomic mass is 10.1. The van der Waals surface area contributed by atoms with Crippen LogP contribution in [-0.4, -0.2) is 45.0 Å². The number of benzene rings is 2. The zero-order valence-electron chi connectivity index (χ0n) is 15.0. The molecule has 1 amide bonds. The summed E-state index contributed by atoms with van der Waals surface area (Å²) in [4.78, 5) is 23.6. The molecule has 0 fully saturated rings. The van der Waals surface area contributed by atoms with Crippen LogP contribution < -0.4 is 0 Å². The first-order chi connectivity index (χ1) is 12.7. The highest BCUT2D eigenvalue weighted by molar-refractivity contribution is 7.90. The van der Waals surface area contributed by atoms with Crippen LogP contribution in [0.3, 0.4) is 0 Å². The van der Waals surface area contributed by atoms with Gasteiger partial charge in [-0.25, -0.2) is 13.2 Å². The smallest absolute Gasteiger partial charge is 0.409 e. The summed E-state index contributed by atoms with van der Waals surface area (Å²) in [5.74, 6) is -0.478. The number of nitrogens with zero attached hydrogens (tertiary/aromatic N) is 2. The van der Waals surface area contributed by atoms with E-state index < -0.39 is 26.6 Å². The van der Waals surface area contributed by atoms with Gasteiger partial charge in [0.15, 0.2) is 9.84 Å². The van der Waals surface area contributed by atoms with Crippen LogP contribution >= 0.6 is 0 Å². The van der Waals surface area contributed by atoms with Crippen molar-refractivity contribution in [2.24, 2.45) is 0 Å². The van der Waals surface area contributed by atoms with E-state index in [2.05, 4.69) is 4.74 Å². The second kappa shape index (κ2) is 8.63. The molecular formula is C18H20N2O6S. The van der Waals surface area contributed by atoms with E-state index in [1.54, 1.807) is 31.3 Å². The number of methoxy groups -OCH3 is 1. The standard InChI is InChI=1S/C18H20N2O6S/c1-19(18(21)26-2)11-10-14-8-9-17(20(22)23)15(12-14)13-27(24,25)16-6-4-3-5-7-16/h3-9,12H,10-11,13H2,1-2H3. The molecule has 0 N–H and O–H groups in total. The van der Waals surface area contributed by atoms with Crippen molar-refractivity contribution >= 4 is 21.6 Å². The molecule has 2 aromatic carbocycles. The summed E-state index contributed by atoms with van der Waals surface area (Å²) in [6.07, 6.45) is -0.0917. The molecule has 0 aliphatic heterocycles. The number of likely N-dealkylation sites (N-methyl/N-ethyl adjacent to an activating group) is 1. The number of sulfone groups is 1. The first-order valence-electron chi connectivity index (χ1n) is 8.07. The fraction of sp³-hybridized carbons (Fsp3) is 0.278. The third-order valence-electron chi connectivity index (χ3n) is 4.01. The van der Waals surface area contributed by atoms with Gasteiger partial charge in [0.2, 0.25) is 0 Å². The lowest BCUT2D eigenvalue weighted by Crippen LogP contribution is -2.28. The lowest BCUT2D eigenvalue weighted by molar-refractivity contribution is -0.385. The minimum Gasteiger partial charge on any atom is -0.453 e. The monoisotopic (exact) mass is 392 g/mol. The predicted octanol–water partition coefficient (Wildman–Crippen LogP) is 2.81. The Kier molecular flexibility index (Phi) is 6.51. The van der Waals surface area contributed by atoms with Gasteiger partial charge >= 0.3 is 6.09 Å². The second-order valence-electron chi connectivity index (χ2n) is 5.93. The van der Waals surface area contributed by atoms with Crippen LogP contribution in [-0.2, 0) is 26.7 Å². The number of nitro groups is 1. The summed E-state index contributed by atoms with van der Waals surface area (Å²) >= 11 is 0. The van der Waals surface area contributed by atoms with E-state index in [4.69, 9.17) is 0 Å². The Balaban J connectivity index is 2.28. The molecule has 0 saturated heterocycles. The zero-order chi connectivity index (χ0) is 20.0. The SMILES string of the molecule is COC(=O)N(C)CCc1ccc([N+](=O)[O-])c(CS(=O)(=O)c2ccccc2)c1. The molecule has 2 rings (SSSR count). The molecule has 0 bridgehead atoms. The van der Waals surface area contributed by atoms with Gasteiger partial charge in [0.25, 0.3) is 5.69 Å². The maximum Gasteiger partial charge on any atom is 0.409 e. The summed E-state index contributed by atoms with van der Waals surface area (Å²) in [6.45, 7) is 0.329. The van der Waals surface area contributed by atoms with Crippen LogP contribution in [0.4, 0.5) is 10.5 Å². The first kappa shape index (κ1) is 20.4. The van der Waals surface area contributed by atoms with Crippen LogP contribution in [0.15, 0.2) is 53.4 Å². The van der Waals surface area contributed by atoms with Crippen LogP contribution in [0.2, 0.25) is 0 Å². The van der Waals surface area contributed by atoms with E-state index in [0.29, 0.717) is 18.5 Å². The van der Waals surface area contributed by atoms with E-state index in [1.807, 2.05) is 0 Å². The largest absolute Gasteiger partial charge is 0.453 e. The molecule has 0 radical (unpaired) electrons. The van der Waals surface area contributed by atoms with Crippen LogP contribution in [0.5, 0.6) is 0 Å². The van der Waals surface area contributed by atoms with Crippen LogP contribution in [0.25, 0.3) is 0 Å². The maximum atomic E-state index is 12.6. The summed E-state index contributed by atoms with van der Waals surface area (Å²) in [7, 11) is -0.881. The van der Waals surface area contributed by atoms with Crippen LogP contribution in [0, 0.1) is 10.1 Å². The fourth-order valence-electron chi connectivity index (χ4n) is 2.55. The van der Waals surface area contributed by atoms with Crippen molar-refractivity contribution in [3.8, 4) is 0 Å². The van der Waals surface area contributed by atoms with Crippen molar-refractivity contribution in [1.29, 1.82) is 0 Å². The Morgan fingerprint density at radius 3 is 2.44 bits per heavy atom. The van der Waals surface area contributed by atoms with E-state index in [-0.39, 0.29) is 16.1 Å². The predicted molar refractivity (Wildman–Crippen MR) is 99.2 cm³/mol. The molecule has 0 aliphatic rings. The van der Waals surface area contributed by atoms with E-state index in [0.717, 1.165) is 0 Å². The highest BCUT2D eigenvalue weighted by Crippen LogP contribution is 2.25. The number of ether oxygens (including phenoxy) is 1. The average molecular weight is 392 g/mol. The molecule has 27 heavy (non-hydrogen) atoms. The quantitative estimate of drug-likeness (QED) is 0.530. The molecule has 0 atom stereocenters. The van der Waals surface area contributed by atoms with Crippen molar-refractivity contribution in [2.45, 2.75) is 17.1 Å². The molecule has 0 aromatic heterocycles. The molecule has 0 heterocycles. The van der Waals surface area contributed by atoms with Crippen molar-refractivity contribution in [2.75, 3.05) is 20.7 Å². The third kappa shape index (κ3) is 5.27. The molecule has 144 valence electrons. The summed E-state index contributed by atoms with van der Waals surface area (Å²) in [6, 6.07) is 12.2. The van der Waals surface area contributed by atoms with E-state index in [1.165, 1.54) is 36.3 Å². The number of carbonyl (C=O) groups is 1. The first-order valence-corrected chi connectivity index (χ1v) is 9.73. The number of hydrogen-bond donors (Lipinski definition) is 0. The average Bonchev–Trinajstić information content (AvgIpc) is 2.65. The van der Waals surface area contributed by atoms with Gasteiger partial charge in [-0.05, 0) is 30.2 Å². The molecule has 0 aliphatic carbocycles. The number of carbonyl (C=O) groups excluding carboxylic acids is 1. The summed E-state index contributed by atoms with van der Waals surface area (Å²) in [5, 5.41) is 11.3. The van der Waals surface area contributed by atoms with Gasteiger partial charge in [-0.3, -0.25) is 10.1 Å². The second-order valence-corrected chi connectivity index (χ2v) is 7.92. The topological polar surface area (TPSA) is 107 Å². The minimum absolute atomic E-state index is 0.107. The van der Waals surface area contributed by atoms with Gasteiger partial charge in [0.1, 0.15) is 0 Å². The number of rotatable bonds is 7. The molecule has 8 nitrogen and oxygen atoms in total. The minimum atomic E-state index is -3.72. The van der Waals surface area contributed by atoms with E-state index in [9.17, 15) is 23.3 Å². The fourth-order valence-corrected chi connectivity index (χ4v) is 3.93. The number of nitro benzene ring substituents is 1. The Bertz CT molecular complexity index is 928. The van der Waals surface area contributed by atoms with Crippen molar-refractivity contribution in [3.05, 3.63) is 69.8 Å². The van der Waals surface area contributed by atoms with E-state index >= 15 is 0 Å². The van der Waals surface area contributed by atoms with Crippen molar-refractivity contribution in [1.82, 2.24) is 4.90 Å². The van der Waals surface area contributed by atoms with Gasteiger partial charge in [0, 0.05) is 25.2 Å².